The number of rotatable bonds is 4. The van der Waals surface area contributed by atoms with Crippen molar-refractivity contribution in [1.29, 1.82) is 0 Å². The van der Waals surface area contributed by atoms with Gasteiger partial charge in [-0.1, -0.05) is 32.0 Å². The van der Waals surface area contributed by atoms with Gasteiger partial charge in [0.1, 0.15) is 0 Å². The van der Waals surface area contributed by atoms with Crippen LogP contribution >= 0.6 is 0 Å². The lowest BCUT2D eigenvalue weighted by atomic mass is 9.65. The number of ether oxygens (including phenoxy) is 1. The lowest BCUT2D eigenvalue weighted by Crippen LogP contribution is -2.55. The molecule has 0 unspecified atom stereocenters. The molecule has 0 aromatic heterocycles. The van der Waals surface area contributed by atoms with Crippen molar-refractivity contribution in [2.24, 2.45) is 5.41 Å². The maximum atomic E-state index is 9.83. The highest BCUT2D eigenvalue weighted by Gasteiger charge is 2.63. The molecule has 0 radical (unpaired) electrons. The molecule has 2 nitrogen and oxygen atoms in total. The molecule has 104 valence electrons. The van der Waals surface area contributed by atoms with Crippen molar-refractivity contribution in [3.8, 4) is 0 Å². The number of aliphatic hydroxyl groups is 1. The van der Waals surface area contributed by atoms with Crippen LogP contribution in [0.2, 0.25) is 0 Å². The van der Waals surface area contributed by atoms with Crippen molar-refractivity contribution in [2.45, 2.75) is 44.9 Å². The van der Waals surface area contributed by atoms with Crippen LogP contribution in [0.5, 0.6) is 0 Å². The quantitative estimate of drug-likeness (QED) is 0.901. The third-order valence-corrected chi connectivity index (χ3v) is 5.31. The van der Waals surface area contributed by atoms with Gasteiger partial charge in [0.25, 0.3) is 0 Å². The minimum Gasteiger partial charge on any atom is -0.396 e. The van der Waals surface area contributed by atoms with Gasteiger partial charge in [-0.25, -0.2) is 0 Å². The van der Waals surface area contributed by atoms with E-state index in [0.29, 0.717) is 12.5 Å². The Morgan fingerprint density at radius 3 is 2.37 bits per heavy atom. The van der Waals surface area contributed by atoms with Crippen molar-refractivity contribution < 1.29 is 9.84 Å². The van der Waals surface area contributed by atoms with E-state index in [4.69, 9.17) is 4.74 Å². The maximum absolute atomic E-state index is 9.83. The van der Waals surface area contributed by atoms with E-state index in [9.17, 15) is 5.11 Å². The normalized spacial score (nSPS) is 23.2. The molecule has 0 bridgehead atoms. The van der Waals surface area contributed by atoms with Crippen LogP contribution in [0.3, 0.4) is 0 Å². The van der Waals surface area contributed by atoms with Crippen LogP contribution in [-0.4, -0.2) is 24.9 Å². The van der Waals surface area contributed by atoms with Gasteiger partial charge < -0.3 is 9.84 Å². The van der Waals surface area contributed by atoms with Crippen LogP contribution in [0, 0.1) is 12.3 Å². The molecule has 3 rings (SSSR count). The predicted octanol–water partition coefficient (Wildman–Crippen LogP) is 3.16. The van der Waals surface area contributed by atoms with E-state index in [-0.39, 0.29) is 10.8 Å². The van der Waals surface area contributed by atoms with Crippen LogP contribution in [-0.2, 0) is 10.2 Å². The summed E-state index contributed by atoms with van der Waals surface area (Å²) >= 11 is 0. The summed E-state index contributed by atoms with van der Waals surface area (Å²) in [5.74, 6) is 0.543. The smallest absolute Gasteiger partial charge is 0.0592 e. The second kappa shape index (κ2) is 4.32. The lowest BCUT2D eigenvalue weighted by Gasteiger charge is -2.49. The molecule has 1 N–H and O–H groups in total. The first-order valence-electron chi connectivity index (χ1n) is 7.34. The van der Waals surface area contributed by atoms with E-state index < -0.39 is 0 Å². The first-order valence-corrected chi connectivity index (χ1v) is 7.34. The van der Waals surface area contributed by atoms with Crippen molar-refractivity contribution in [2.75, 3.05) is 19.8 Å². The molecule has 1 saturated heterocycles. The van der Waals surface area contributed by atoms with Gasteiger partial charge in [0.05, 0.1) is 18.6 Å². The Hall–Kier alpha value is -0.860. The summed E-state index contributed by atoms with van der Waals surface area (Å²) in [5, 5.41) is 9.83. The third-order valence-electron chi connectivity index (χ3n) is 5.31. The zero-order chi connectivity index (χ0) is 13.7. The van der Waals surface area contributed by atoms with Crippen molar-refractivity contribution in [1.82, 2.24) is 0 Å². The van der Waals surface area contributed by atoms with Gasteiger partial charge in [0.2, 0.25) is 0 Å². The van der Waals surface area contributed by atoms with Gasteiger partial charge in [0, 0.05) is 12.0 Å². The van der Waals surface area contributed by atoms with Gasteiger partial charge in [0.15, 0.2) is 0 Å². The Morgan fingerprint density at radius 2 is 1.95 bits per heavy atom. The van der Waals surface area contributed by atoms with Gasteiger partial charge in [-0.3, -0.25) is 0 Å². The van der Waals surface area contributed by atoms with Crippen LogP contribution in [0.25, 0.3) is 0 Å². The zero-order valence-corrected chi connectivity index (χ0v) is 12.2. The Kier molecular flexibility index (Phi) is 2.99. The Labute approximate surface area is 115 Å². The number of benzene rings is 1. The van der Waals surface area contributed by atoms with Crippen molar-refractivity contribution in [3.63, 3.8) is 0 Å². The highest BCUT2D eigenvalue weighted by Crippen LogP contribution is 2.62. The number of aliphatic hydroxyl groups excluding tert-OH is 1. The van der Waals surface area contributed by atoms with Crippen molar-refractivity contribution in [3.05, 3.63) is 34.9 Å². The first kappa shape index (κ1) is 13.1. The fourth-order valence-electron chi connectivity index (χ4n) is 3.51. The molecule has 2 aliphatic rings. The van der Waals surface area contributed by atoms with Gasteiger partial charge in [-0.2, -0.15) is 0 Å². The Balaban J connectivity index is 2.07. The third kappa shape index (κ3) is 1.77. The molecule has 1 saturated carbocycles. The minimum atomic E-state index is 0.0662. The summed E-state index contributed by atoms with van der Waals surface area (Å²) < 4.78 is 5.57. The number of aryl methyl sites for hydroxylation is 1. The number of hydrogen-bond donors (Lipinski definition) is 1. The summed E-state index contributed by atoms with van der Waals surface area (Å²) in [6.07, 6.45) is 2.27. The van der Waals surface area contributed by atoms with Crippen LogP contribution in [0.15, 0.2) is 18.2 Å². The molecule has 1 aromatic carbocycles. The van der Waals surface area contributed by atoms with E-state index in [1.54, 1.807) is 0 Å². The van der Waals surface area contributed by atoms with Crippen LogP contribution in [0.1, 0.15) is 49.3 Å². The van der Waals surface area contributed by atoms with Crippen molar-refractivity contribution >= 4 is 0 Å². The van der Waals surface area contributed by atoms with E-state index >= 15 is 0 Å². The lowest BCUT2D eigenvalue weighted by molar-refractivity contribution is -0.110. The molecule has 1 aromatic rings. The Bertz CT molecular complexity index is 482. The second-order valence-electron chi connectivity index (χ2n) is 6.74. The van der Waals surface area contributed by atoms with Gasteiger partial charge >= 0.3 is 0 Å². The molecule has 2 fully saturated rings. The first-order chi connectivity index (χ1) is 9.05. The minimum absolute atomic E-state index is 0.0662. The summed E-state index contributed by atoms with van der Waals surface area (Å²) in [7, 11) is 0. The molecule has 0 amide bonds. The monoisotopic (exact) mass is 260 g/mol. The molecule has 1 aliphatic carbocycles. The maximum Gasteiger partial charge on any atom is 0.0592 e. The zero-order valence-electron chi connectivity index (χ0n) is 12.2. The van der Waals surface area contributed by atoms with E-state index in [1.807, 2.05) is 0 Å². The summed E-state index contributed by atoms with van der Waals surface area (Å²) in [6.45, 7) is 8.50. The number of hydrogen-bond acceptors (Lipinski definition) is 2. The molecule has 19 heavy (non-hydrogen) atoms. The van der Waals surface area contributed by atoms with E-state index in [0.717, 1.165) is 26.1 Å². The standard InChI is InChI=1S/C17H24O2/c1-12(2)14-5-4-13(3)15(8-14)17(10-19-11-17)16(9-18)6-7-16/h4-5,8,12,18H,6-7,9-11H2,1-3H3. The second-order valence-corrected chi connectivity index (χ2v) is 6.74. The largest absolute Gasteiger partial charge is 0.396 e. The molecule has 1 aliphatic heterocycles. The van der Waals surface area contributed by atoms with Gasteiger partial charge in [-0.15, -0.1) is 0 Å². The van der Waals surface area contributed by atoms with E-state index in [2.05, 4.69) is 39.0 Å². The molecular weight excluding hydrogens is 236 g/mol. The fourth-order valence-corrected chi connectivity index (χ4v) is 3.51. The van der Waals surface area contributed by atoms with Crippen LogP contribution in [0.4, 0.5) is 0 Å². The topological polar surface area (TPSA) is 29.5 Å². The predicted molar refractivity (Wildman–Crippen MR) is 76.5 cm³/mol. The molecule has 0 atom stereocenters. The average Bonchev–Trinajstić information content (AvgIpc) is 3.11. The average molecular weight is 260 g/mol. The molecule has 1 heterocycles. The SMILES string of the molecule is Cc1ccc(C(C)C)cc1C1(C2(CO)CC2)COC1. The molecule has 0 spiro atoms. The highest BCUT2D eigenvalue weighted by molar-refractivity contribution is 5.43. The summed E-state index contributed by atoms with van der Waals surface area (Å²) in [6, 6.07) is 6.83. The van der Waals surface area contributed by atoms with Gasteiger partial charge in [-0.05, 0) is 42.4 Å². The summed E-state index contributed by atoms with van der Waals surface area (Å²) in [5.41, 5.74) is 4.30. The molecular formula is C17H24O2. The van der Waals surface area contributed by atoms with E-state index in [1.165, 1.54) is 16.7 Å². The van der Waals surface area contributed by atoms with Crippen LogP contribution < -0.4 is 0 Å². The fraction of sp³-hybridized carbons (Fsp3) is 0.647. The highest BCUT2D eigenvalue weighted by atomic mass is 16.5. The summed E-state index contributed by atoms with van der Waals surface area (Å²) in [4.78, 5) is 0. The Morgan fingerprint density at radius 1 is 1.26 bits per heavy atom. The molecule has 2 heteroatoms.